The number of benzene rings is 2. The van der Waals surface area contributed by atoms with E-state index in [9.17, 15) is 5.11 Å². The third kappa shape index (κ3) is 5.48. The molecule has 2 atom stereocenters. The Morgan fingerprint density at radius 3 is 2.27 bits per heavy atom. The van der Waals surface area contributed by atoms with Crippen LogP contribution in [0, 0.1) is 6.92 Å². The summed E-state index contributed by atoms with van der Waals surface area (Å²) in [6, 6.07) is 12.8. The van der Waals surface area contributed by atoms with E-state index in [0.717, 1.165) is 34.6 Å². The third-order valence-corrected chi connectivity index (χ3v) is 16.8. The first-order valence-electron chi connectivity index (χ1n) is 11.6. The number of phenolic OH excluding ortho intramolecular Hbond substituents is 1. The van der Waals surface area contributed by atoms with Gasteiger partial charge in [0.2, 0.25) is 9.04 Å². The molecule has 3 aromatic rings. The van der Waals surface area contributed by atoms with Crippen LogP contribution in [0.15, 0.2) is 36.4 Å². The van der Waals surface area contributed by atoms with Crippen LogP contribution in [0.3, 0.4) is 0 Å². The predicted octanol–water partition coefficient (Wildman–Crippen LogP) is 6.05. The first-order valence-corrected chi connectivity index (χ1v) is 17.0. The van der Waals surface area contributed by atoms with Gasteiger partial charge in [-0.2, -0.15) is 0 Å². The summed E-state index contributed by atoms with van der Waals surface area (Å²) in [6.45, 7) is 17.7. The molecule has 33 heavy (non-hydrogen) atoms. The van der Waals surface area contributed by atoms with Gasteiger partial charge in [0.25, 0.3) is 0 Å². The van der Waals surface area contributed by atoms with Crippen molar-refractivity contribution < 1.29 is 13.3 Å². The zero-order valence-corrected chi connectivity index (χ0v) is 24.1. The molecule has 1 heterocycles. The molecule has 0 amide bonds. The number of phenols is 1. The van der Waals surface area contributed by atoms with Gasteiger partial charge in [-0.25, -0.2) is 0 Å². The van der Waals surface area contributed by atoms with Gasteiger partial charge in [-0.3, -0.25) is 0 Å². The number of hydrogen-bond donors (Lipinski definition) is 1. The molecule has 0 aliphatic carbocycles. The van der Waals surface area contributed by atoms with Crippen molar-refractivity contribution in [2.75, 3.05) is 0 Å². The van der Waals surface area contributed by atoms with E-state index in [1.54, 1.807) is 4.80 Å². The van der Waals surface area contributed by atoms with Gasteiger partial charge in [-0.05, 0) is 66.8 Å². The SMILES string of the molecule is CCC(c1cc(C)cc(-n2nc3ccccc3n2)c1O)[Si](C)O[Si]O[Si](C)(CC)C(C)(C)C. The Labute approximate surface area is 203 Å². The highest BCUT2D eigenvalue weighted by Crippen LogP contribution is 2.39. The Balaban J connectivity index is 1.84. The summed E-state index contributed by atoms with van der Waals surface area (Å²) in [7, 11) is -3.10. The summed E-state index contributed by atoms with van der Waals surface area (Å²) in [5.74, 6) is 0.229. The van der Waals surface area contributed by atoms with Crippen LogP contribution in [0.4, 0.5) is 0 Å². The summed E-state index contributed by atoms with van der Waals surface area (Å²) in [4.78, 5) is 1.54. The Morgan fingerprint density at radius 1 is 1.15 bits per heavy atom. The van der Waals surface area contributed by atoms with Crippen molar-refractivity contribution in [2.45, 2.75) is 77.7 Å². The molecule has 3 rings (SSSR count). The molecule has 2 aromatic carbocycles. The van der Waals surface area contributed by atoms with Gasteiger partial charge in [-0.15, -0.1) is 15.0 Å². The maximum atomic E-state index is 11.3. The molecular weight excluding hydrogens is 463 g/mol. The largest absolute Gasteiger partial charge is 0.505 e. The maximum absolute atomic E-state index is 11.3. The lowest BCUT2D eigenvalue weighted by atomic mass is 10.0. The van der Waals surface area contributed by atoms with Crippen LogP contribution in [0.1, 0.15) is 57.7 Å². The second-order valence-corrected chi connectivity index (χ2v) is 18.3. The van der Waals surface area contributed by atoms with Crippen molar-refractivity contribution in [2.24, 2.45) is 0 Å². The molecule has 0 aliphatic rings. The highest BCUT2D eigenvalue weighted by atomic mass is 28.4. The van der Waals surface area contributed by atoms with E-state index >= 15 is 0 Å². The van der Waals surface area contributed by atoms with Crippen molar-refractivity contribution in [1.29, 1.82) is 0 Å². The molecule has 6 nitrogen and oxygen atoms in total. The highest BCUT2D eigenvalue weighted by Gasteiger charge is 2.40. The Bertz CT molecular complexity index is 1070. The number of fused-ring (bicyclic) bond motifs is 1. The van der Waals surface area contributed by atoms with Crippen LogP contribution in [0.2, 0.25) is 24.2 Å². The van der Waals surface area contributed by atoms with E-state index in [4.69, 9.17) is 8.23 Å². The summed E-state index contributed by atoms with van der Waals surface area (Å²) in [5.41, 5.74) is 4.30. The Hall–Kier alpha value is -1.79. The third-order valence-electron chi connectivity index (χ3n) is 6.77. The molecule has 1 aromatic heterocycles. The first-order chi connectivity index (χ1) is 15.5. The normalized spacial score (nSPS) is 15.2. The monoisotopic (exact) mass is 498 g/mol. The van der Waals surface area contributed by atoms with Crippen molar-refractivity contribution >= 4 is 38.4 Å². The van der Waals surface area contributed by atoms with Crippen molar-refractivity contribution in [3.63, 3.8) is 0 Å². The molecule has 0 aliphatic heterocycles. The molecule has 177 valence electrons. The predicted molar refractivity (Wildman–Crippen MR) is 140 cm³/mol. The van der Waals surface area contributed by atoms with Crippen LogP contribution in [0.5, 0.6) is 5.75 Å². The quantitative estimate of drug-likeness (QED) is 0.364. The fourth-order valence-corrected chi connectivity index (χ4v) is 10.4. The van der Waals surface area contributed by atoms with E-state index < -0.39 is 17.4 Å². The molecule has 9 heteroatoms. The molecule has 2 unspecified atom stereocenters. The van der Waals surface area contributed by atoms with Crippen LogP contribution in [-0.2, 0) is 8.23 Å². The van der Waals surface area contributed by atoms with Crippen LogP contribution in [0.25, 0.3) is 16.7 Å². The lowest BCUT2D eigenvalue weighted by Gasteiger charge is -2.38. The van der Waals surface area contributed by atoms with E-state index in [1.807, 2.05) is 37.3 Å². The van der Waals surface area contributed by atoms with Crippen LogP contribution in [-0.4, -0.2) is 47.5 Å². The average Bonchev–Trinajstić information content (AvgIpc) is 3.19. The second-order valence-electron chi connectivity index (χ2n) is 9.89. The van der Waals surface area contributed by atoms with E-state index in [0.29, 0.717) is 5.69 Å². The lowest BCUT2D eigenvalue weighted by molar-refractivity contribution is 0.420. The Morgan fingerprint density at radius 2 is 1.76 bits per heavy atom. The Kier molecular flexibility index (Phi) is 8.00. The minimum absolute atomic E-state index is 0.0377. The minimum Gasteiger partial charge on any atom is -0.505 e. The van der Waals surface area contributed by atoms with E-state index in [2.05, 4.69) is 64.0 Å². The maximum Gasteiger partial charge on any atom is 0.409 e. The molecular formula is C24H36N3O3Si3. The number of nitrogens with zero attached hydrogens (tertiary/aromatic N) is 3. The van der Waals surface area contributed by atoms with Crippen molar-refractivity contribution in [1.82, 2.24) is 15.0 Å². The van der Waals surface area contributed by atoms with Gasteiger partial charge in [0.15, 0.2) is 8.32 Å². The fraction of sp³-hybridized carbons (Fsp3) is 0.500. The molecule has 0 spiro atoms. The smallest absolute Gasteiger partial charge is 0.409 e. The fourth-order valence-electron chi connectivity index (χ4n) is 3.90. The molecule has 0 fully saturated rings. The van der Waals surface area contributed by atoms with Crippen LogP contribution < -0.4 is 0 Å². The summed E-state index contributed by atoms with van der Waals surface area (Å²) >= 11 is 0. The van der Waals surface area contributed by atoms with Gasteiger partial charge < -0.3 is 13.3 Å². The standard InChI is InChI=1S/C24H36N3O3Si3/c1-9-22(32(7)29-31-30-33(8,10-2)24(4,5)6)18-15-17(3)16-21(23(18)28)27-25-19-13-11-12-14-20(19)26-27/h11-16,22,28H,9-10H2,1-8H3. The zero-order chi connectivity index (χ0) is 24.4. The number of rotatable bonds is 9. The van der Waals surface area contributed by atoms with Gasteiger partial charge in [0, 0.05) is 5.54 Å². The zero-order valence-electron chi connectivity index (χ0n) is 21.1. The minimum atomic E-state index is -1.87. The molecule has 1 N–H and O–H groups in total. The lowest BCUT2D eigenvalue weighted by Crippen LogP contribution is -2.45. The summed E-state index contributed by atoms with van der Waals surface area (Å²) in [6.07, 6.45) is 0.877. The number of aryl methyl sites for hydroxylation is 1. The van der Waals surface area contributed by atoms with Gasteiger partial charge in [0.1, 0.15) is 22.5 Å². The molecule has 3 radical (unpaired) electrons. The number of aromatic nitrogens is 3. The van der Waals surface area contributed by atoms with E-state index in [1.165, 1.54) is 0 Å². The second kappa shape index (κ2) is 10.2. The highest BCUT2D eigenvalue weighted by molar-refractivity contribution is 6.79. The van der Waals surface area contributed by atoms with Crippen molar-refractivity contribution in [3.8, 4) is 11.4 Å². The van der Waals surface area contributed by atoms with Crippen LogP contribution >= 0.6 is 0 Å². The molecule has 0 bridgehead atoms. The molecule has 0 saturated heterocycles. The summed E-state index contributed by atoms with van der Waals surface area (Å²) in [5, 5.41) is 20.6. The number of hydrogen-bond acceptors (Lipinski definition) is 5. The number of aromatic hydroxyl groups is 1. The van der Waals surface area contributed by atoms with Gasteiger partial charge in [-0.1, -0.05) is 52.8 Å². The topological polar surface area (TPSA) is 69.4 Å². The molecule has 0 saturated carbocycles. The first kappa shape index (κ1) is 25.8. The summed E-state index contributed by atoms with van der Waals surface area (Å²) < 4.78 is 12.7. The van der Waals surface area contributed by atoms with Gasteiger partial charge >= 0.3 is 10.0 Å². The van der Waals surface area contributed by atoms with Gasteiger partial charge in [0.05, 0.1) is 0 Å². The average molecular weight is 499 g/mol. The van der Waals surface area contributed by atoms with Crippen molar-refractivity contribution in [3.05, 3.63) is 47.5 Å². The van der Waals surface area contributed by atoms with E-state index in [-0.39, 0.29) is 26.3 Å².